The van der Waals surface area contributed by atoms with Crippen LogP contribution in [0.4, 0.5) is 4.79 Å². The molecule has 0 heterocycles. The van der Waals surface area contributed by atoms with E-state index in [1.54, 1.807) is 0 Å². The van der Waals surface area contributed by atoms with Crippen molar-refractivity contribution in [3.05, 3.63) is 35.9 Å². The second-order valence-electron chi connectivity index (χ2n) is 7.32. The predicted octanol–water partition coefficient (Wildman–Crippen LogP) is 3.54. The minimum absolute atomic E-state index is 0.161. The van der Waals surface area contributed by atoms with E-state index in [0.29, 0.717) is 11.8 Å². The van der Waals surface area contributed by atoms with Gasteiger partial charge >= 0.3 is 6.09 Å². The lowest BCUT2D eigenvalue weighted by Gasteiger charge is -2.62. The van der Waals surface area contributed by atoms with Gasteiger partial charge in [0.2, 0.25) is 0 Å². The summed E-state index contributed by atoms with van der Waals surface area (Å²) in [5.74, 6) is 1.40. The Morgan fingerprint density at radius 3 is 2.35 bits per heavy atom. The average Bonchev–Trinajstić information content (AvgIpc) is 2.36. The van der Waals surface area contributed by atoms with Gasteiger partial charge in [-0.1, -0.05) is 30.3 Å². The van der Waals surface area contributed by atoms with Crippen LogP contribution in [-0.2, 0) is 5.41 Å². The van der Waals surface area contributed by atoms with E-state index in [2.05, 4.69) is 35.6 Å². The standard InChI is InChI=1S/C17H21NO2/c19-15(20)18-17-9-12-6-13(10-17)8-16(7-12,11-17)14-4-2-1-3-5-14/h1-5,12-13,18H,6-11H2,(H,19,20). The number of amides is 1. The molecule has 4 fully saturated rings. The van der Waals surface area contributed by atoms with Crippen molar-refractivity contribution < 1.29 is 9.90 Å². The summed E-state index contributed by atoms with van der Waals surface area (Å²) < 4.78 is 0. The molecule has 0 radical (unpaired) electrons. The van der Waals surface area contributed by atoms with Crippen LogP contribution < -0.4 is 5.32 Å². The molecular weight excluding hydrogens is 250 g/mol. The van der Waals surface area contributed by atoms with Gasteiger partial charge in [0.05, 0.1) is 0 Å². The van der Waals surface area contributed by atoms with Gasteiger partial charge in [0.25, 0.3) is 0 Å². The molecule has 5 rings (SSSR count). The monoisotopic (exact) mass is 271 g/mol. The first-order valence-corrected chi connectivity index (χ1v) is 7.66. The van der Waals surface area contributed by atoms with Crippen molar-refractivity contribution in [1.82, 2.24) is 5.32 Å². The van der Waals surface area contributed by atoms with Crippen LogP contribution in [0.25, 0.3) is 0 Å². The van der Waals surface area contributed by atoms with Crippen LogP contribution in [-0.4, -0.2) is 16.7 Å². The van der Waals surface area contributed by atoms with Crippen molar-refractivity contribution in [1.29, 1.82) is 0 Å². The molecule has 1 amide bonds. The lowest BCUT2D eigenvalue weighted by molar-refractivity contribution is -0.0375. The van der Waals surface area contributed by atoms with E-state index in [9.17, 15) is 9.90 Å². The fraction of sp³-hybridized carbons (Fsp3) is 0.588. The number of carbonyl (C=O) groups is 1. The first kappa shape index (κ1) is 12.2. The Morgan fingerprint density at radius 1 is 1.10 bits per heavy atom. The lowest BCUT2D eigenvalue weighted by Crippen LogP contribution is -2.64. The summed E-state index contributed by atoms with van der Waals surface area (Å²) in [7, 11) is 0. The fourth-order valence-electron chi connectivity index (χ4n) is 5.77. The van der Waals surface area contributed by atoms with Gasteiger partial charge in [0.15, 0.2) is 0 Å². The van der Waals surface area contributed by atoms with E-state index in [0.717, 1.165) is 19.3 Å². The Balaban J connectivity index is 1.74. The maximum absolute atomic E-state index is 11.2. The van der Waals surface area contributed by atoms with Gasteiger partial charge in [0, 0.05) is 5.54 Å². The molecule has 106 valence electrons. The molecule has 4 bridgehead atoms. The fourth-order valence-corrected chi connectivity index (χ4v) is 5.77. The molecule has 4 aliphatic rings. The van der Waals surface area contributed by atoms with Crippen LogP contribution in [0.3, 0.4) is 0 Å². The second kappa shape index (κ2) is 4.00. The second-order valence-corrected chi connectivity index (χ2v) is 7.32. The molecule has 3 nitrogen and oxygen atoms in total. The average molecular weight is 271 g/mol. The quantitative estimate of drug-likeness (QED) is 0.864. The number of hydrogen-bond acceptors (Lipinski definition) is 1. The Bertz CT molecular complexity index is 525. The molecule has 0 spiro atoms. The van der Waals surface area contributed by atoms with E-state index in [1.165, 1.54) is 24.8 Å². The number of hydrogen-bond donors (Lipinski definition) is 2. The van der Waals surface area contributed by atoms with Crippen molar-refractivity contribution in [2.24, 2.45) is 11.8 Å². The van der Waals surface area contributed by atoms with Crippen molar-refractivity contribution in [3.63, 3.8) is 0 Å². The predicted molar refractivity (Wildman–Crippen MR) is 76.7 cm³/mol. The Morgan fingerprint density at radius 2 is 1.75 bits per heavy atom. The molecule has 1 aromatic carbocycles. The third-order valence-electron chi connectivity index (χ3n) is 5.82. The minimum Gasteiger partial charge on any atom is -0.465 e. The molecule has 2 atom stereocenters. The van der Waals surface area contributed by atoms with Gasteiger partial charge in [-0.2, -0.15) is 0 Å². The Labute approximate surface area is 119 Å². The summed E-state index contributed by atoms with van der Waals surface area (Å²) in [5, 5.41) is 12.1. The van der Waals surface area contributed by atoms with Gasteiger partial charge < -0.3 is 10.4 Å². The van der Waals surface area contributed by atoms with Crippen molar-refractivity contribution in [2.45, 2.75) is 49.5 Å². The summed E-state index contributed by atoms with van der Waals surface area (Å²) in [6.45, 7) is 0. The van der Waals surface area contributed by atoms with Crippen LogP contribution in [0.1, 0.15) is 44.1 Å². The summed E-state index contributed by atoms with van der Waals surface area (Å²) in [4.78, 5) is 11.2. The van der Waals surface area contributed by atoms with E-state index < -0.39 is 6.09 Å². The first-order chi connectivity index (χ1) is 9.59. The molecule has 0 saturated heterocycles. The zero-order valence-corrected chi connectivity index (χ0v) is 11.6. The van der Waals surface area contributed by atoms with Crippen LogP contribution in [0.2, 0.25) is 0 Å². The van der Waals surface area contributed by atoms with Crippen LogP contribution in [0.5, 0.6) is 0 Å². The normalized spacial score (nSPS) is 41.6. The number of benzene rings is 1. The van der Waals surface area contributed by atoms with Crippen LogP contribution >= 0.6 is 0 Å². The maximum Gasteiger partial charge on any atom is 0.405 e. The number of carboxylic acid groups (broad SMARTS) is 1. The topological polar surface area (TPSA) is 49.3 Å². The highest BCUT2D eigenvalue weighted by Crippen LogP contribution is 2.62. The third-order valence-corrected chi connectivity index (χ3v) is 5.82. The number of nitrogens with one attached hydrogen (secondary N) is 1. The molecule has 0 aliphatic heterocycles. The smallest absolute Gasteiger partial charge is 0.405 e. The third kappa shape index (κ3) is 1.75. The maximum atomic E-state index is 11.2. The molecule has 4 aliphatic carbocycles. The molecular formula is C17H21NO2. The van der Waals surface area contributed by atoms with Gasteiger partial charge in [-0.25, -0.2) is 4.79 Å². The summed E-state index contributed by atoms with van der Waals surface area (Å²) in [5.41, 5.74) is 1.48. The van der Waals surface area contributed by atoms with Crippen LogP contribution in [0, 0.1) is 11.8 Å². The molecule has 2 N–H and O–H groups in total. The first-order valence-electron chi connectivity index (χ1n) is 7.66. The molecule has 3 heteroatoms. The van der Waals surface area contributed by atoms with Gasteiger partial charge in [-0.15, -0.1) is 0 Å². The zero-order chi connectivity index (χ0) is 13.8. The van der Waals surface area contributed by atoms with Crippen molar-refractivity contribution in [2.75, 3.05) is 0 Å². The highest BCUT2D eigenvalue weighted by Gasteiger charge is 2.58. The molecule has 1 aromatic rings. The summed E-state index contributed by atoms with van der Waals surface area (Å²) >= 11 is 0. The summed E-state index contributed by atoms with van der Waals surface area (Å²) in [6.07, 6.45) is 6.03. The van der Waals surface area contributed by atoms with Crippen molar-refractivity contribution >= 4 is 6.09 Å². The SMILES string of the molecule is O=C(O)NC12CC3CC(C1)CC(c1ccccc1)(C3)C2. The Kier molecular flexibility index (Phi) is 2.45. The van der Waals surface area contributed by atoms with Gasteiger partial charge in [-0.3, -0.25) is 0 Å². The van der Waals surface area contributed by atoms with Crippen LogP contribution in [0.15, 0.2) is 30.3 Å². The van der Waals surface area contributed by atoms with E-state index in [-0.39, 0.29) is 11.0 Å². The van der Waals surface area contributed by atoms with Crippen molar-refractivity contribution in [3.8, 4) is 0 Å². The minimum atomic E-state index is -0.852. The molecule has 20 heavy (non-hydrogen) atoms. The van der Waals surface area contributed by atoms with Gasteiger partial charge in [0.1, 0.15) is 0 Å². The van der Waals surface area contributed by atoms with E-state index in [4.69, 9.17) is 0 Å². The Hall–Kier alpha value is -1.51. The molecule has 2 unspecified atom stereocenters. The summed E-state index contributed by atoms with van der Waals surface area (Å²) in [6, 6.07) is 10.8. The highest BCUT2D eigenvalue weighted by molar-refractivity contribution is 5.66. The lowest BCUT2D eigenvalue weighted by atomic mass is 9.45. The highest BCUT2D eigenvalue weighted by atomic mass is 16.4. The zero-order valence-electron chi connectivity index (χ0n) is 11.6. The number of rotatable bonds is 2. The largest absolute Gasteiger partial charge is 0.465 e. The van der Waals surface area contributed by atoms with E-state index in [1.807, 2.05) is 0 Å². The van der Waals surface area contributed by atoms with Gasteiger partial charge in [-0.05, 0) is 61.3 Å². The molecule has 0 aromatic heterocycles. The van der Waals surface area contributed by atoms with E-state index >= 15 is 0 Å². The molecule has 4 saturated carbocycles.